The molecule has 0 saturated carbocycles. The molecule has 0 aromatic carbocycles. The van der Waals surface area contributed by atoms with Crippen LogP contribution in [0.25, 0.3) is 0 Å². The fraction of sp³-hybridized carbons (Fsp3) is 0.591. The number of aryl methyl sites for hydroxylation is 1. The van der Waals surface area contributed by atoms with Crippen molar-refractivity contribution >= 4 is 23.3 Å². The van der Waals surface area contributed by atoms with Crippen molar-refractivity contribution in [3.05, 3.63) is 29.2 Å². The number of amides is 1. The van der Waals surface area contributed by atoms with Gasteiger partial charge >= 0.3 is 6.09 Å². The average molecular weight is 427 g/mol. The first-order valence-corrected chi connectivity index (χ1v) is 11.0. The van der Waals surface area contributed by atoms with E-state index >= 15 is 0 Å². The van der Waals surface area contributed by atoms with Crippen LogP contribution in [0.4, 0.5) is 22.0 Å². The Morgan fingerprint density at radius 3 is 2.77 bits per heavy atom. The molecule has 2 aromatic rings. The molecule has 0 unspecified atom stereocenters. The van der Waals surface area contributed by atoms with E-state index in [0.29, 0.717) is 19.1 Å². The molecule has 5 rings (SSSR count). The first-order valence-electron chi connectivity index (χ1n) is 11.0. The lowest BCUT2D eigenvalue weighted by molar-refractivity contribution is 0.0649. The Labute approximate surface area is 182 Å². The van der Waals surface area contributed by atoms with Crippen LogP contribution < -0.4 is 9.80 Å². The number of hydrogen-bond acceptors (Lipinski definition) is 7. The molecule has 0 N–H and O–H groups in total. The summed E-state index contributed by atoms with van der Waals surface area (Å²) in [7, 11) is 3.56. The number of nitrogens with zero attached hydrogens (tertiary/aromatic N) is 6. The first-order chi connectivity index (χ1) is 15.1. The normalized spacial score (nSPS) is 19.3. The third kappa shape index (κ3) is 3.50. The van der Waals surface area contributed by atoms with Crippen LogP contribution >= 0.6 is 0 Å². The molecule has 9 heteroatoms. The van der Waals surface area contributed by atoms with E-state index in [1.54, 1.807) is 4.90 Å². The maximum atomic E-state index is 12.3. The summed E-state index contributed by atoms with van der Waals surface area (Å²) < 4.78 is 12.8. The molecule has 9 nitrogen and oxygen atoms in total. The van der Waals surface area contributed by atoms with Crippen LogP contribution in [0.5, 0.6) is 0 Å². The zero-order valence-corrected chi connectivity index (χ0v) is 18.5. The van der Waals surface area contributed by atoms with Crippen LogP contribution in [0, 0.1) is 6.92 Å². The summed E-state index contributed by atoms with van der Waals surface area (Å²) in [5.74, 6) is 0.940. The highest BCUT2D eigenvalue weighted by atomic mass is 16.5. The molecule has 0 bridgehead atoms. The molecule has 31 heavy (non-hydrogen) atoms. The second-order valence-electron chi connectivity index (χ2n) is 8.57. The van der Waals surface area contributed by atoms with Crippen molar-refractivity contribution in [2.45, 2.75) is 38.8 Å². The third-order valence-electron chi connectivity index (χ3n) is 6.65. The summed E-state index contributed by atoms with van der Waals surface area (Å²) in [5, 5.41) is 5.17. The zero-order chi connectivity index (χ0) is 21.5. The number of anilines is 3. The van der Waals surface area contributed by atoms with Gasteiger partial charge in [0.05, 0.1) is 37.3 Å². The third-order valence-corrected chi connectivity index (χ3v) is 6.65. The SMILES string of the molecule is COC(=O)N1CCc2c(c(N3CCN(C)c4cc(C)ncc43)nn2C2CCOCC2)C1. The second-order valence-corrected chi connectivity index (χ2v) is 8.57. The topological polar surface area (TPSA) is 76.0 Å². The summed E-state index contributed by atoms with van der Waals surface area (Å²) in [4.78, 5) is 23.2. The molecule has 0 aliphatic carbocycles. The standard InChI is InChI=1S/C22H30N6O3/c1-15-12-19-20(13-23-15)27(9-8-25(19)2)21-17-14-26(22(29)30-3)7-4-18(17)28(24-21)16-5-10-31-11-6-16/h12-13,16H,4-11,14H2,1-3H3. The Balaban J connectivity index is 1.59. The quantitative estimate of drug-likeness (QED) is 0.731. The number of carbonyl (C=O) groups excluding carboxylic acids is 1. The van der Waals surface area contributed by atoms with Gasteiger partial charge in [-0.15, -0.1) is 0 Å². The highest BCUT2D eigenvalue weighted by Crippen LogP contribution is 2.41. The van der Waals surface area contributed by atoms with Crippen molar-refractivity contribution in [1.82, 2.24) is 19.7 Å². The summed E-state index contributed by atoms with van der Waals surface area (Å²) in [5.41, 5.74) is 5.59. The van der Waals surface area contributed by atoms with Gasteiger partial charge in [0.15, 0.2) is 5.82 Å². The predicted molar refractivity (Wildman–Crippen MR) is 117 cm³/mol. The number of likely N-dealkylation sites (N-methyl/N-ethyl adjacent to an activating group) is 1. The minimum absolute atomic E-state index is 0.286. The molecular formula is C22H30N6O3. The Bertz CT molecular complexity index is 984. The number of aromatic nitrogens is 3. The van der Waals surface area contributed by atoms with E-state index in [2.05, 4.69) is 32.6 Å². The number of fused-ring (bicyclic) bond motifs is 2. The lowest BCUT2D eigenvalue weighted by Crippen LogP contribution is -2.39. The van der Waals surface area contributed by atoms with Crippen molar-refractivity contribution in [1.29, 1.82) is 0 Å². The molecule has 0 radical (unpaired) electrons. The van der Waals surface area contributed by atoms with E-state index in [-0.39, 0.29) is 6.09 Å². The van der Waals surface area contributed by atoms with Crippen molar-refractivity contribution in [3.8, 4) is 0 Å². The number of pyridine rings is 1. The minimum atomic E-state index is -0.286. The fourth-order valence-corrected chi connectivity index (χ4v) is 4.92. The van der Waals surface area contributed by atoms with Gasteiger partial charge in [0.2, 0.25) is 0 Å². The first kappa shape index (κ1) is 20.1. The highest BCUT2D eigenvalue weighted by Gasteiger charge is 2.34. The lowest BCUT2D eigenvalue weighted by atomic mass is 10.0. The van der Waals surface area contributed by atoms with E-state index in [1.165, 1.54) is 12.8 Å². The number of ether oxygens (including phenoxy) is 2. The smallest absolute Gasteiger partial charge is 0.409 e. The molecule has 166 valence electrons. The van der Waals surface area contributed by atoms with Crippen LogP contribution in [0.15, 0.2) is 12.3 Å². The maximum absolute atomic E-state index is 12.3. The van der Waals surface area contributed by atoms with Gasteiger partial charge in [0.1, 0.15) is 0 Å². The highest BCUT2D eigenvalue weighted by molar-refractivity contribution is 5.79. The number of carbonyl (C=O) groups is 1. The van der Waals surface area contributed by atoms with Crippen molar-refractivity contribution in [3.63, 3.8) is 0 Å². The molecule has 1 saturated heterocycles. The van der Waals surface area contributed by atoms with Gasteiger partial charge in [-0.05, 0) is 25.8 Å². The fourth-order valence-electron chi connectivity index (χ4n) is 4.92. The molecule has 1 fully saturated rings. The van der Waals surface area contributed by atoms with Gasteiger partial charge in [0, 0.05) is 63.3 Å². The van der Waals surface area contributed by atoms with E-state index in [0.717, 1.165) is 74.0 Å². The van der Waals surface area contributed by atoms with Crippen LogP contribution in [-0.2, 0) is 22.4 Å². The summed E-state index contributed by atoms with van der Waals surface area (Å²) in [6, 6.07) is 2.47. The zero-order valence-electron chi connectivity index (χ0n) is 18.5. The van der Waals surface area contributed by atoms with Crippen LogP contribution in [0.2, 0.25) is 0 Å². The van der Waals surface area contributed by atoms with E-state index < -0.39 is 0 Å². The van der Waals surface area contributed by atoms with Gasteiger partial charge < -0.3 is 24.2 Å². The average Bonchev–Trinajstić information content (AvgIpc) is 3.18. The molecular weight excluding hydrogens is 396 g/mol. The minimum Gasteiger partial charge on any atom is -0.453 e. The largest absolute Gasteiger partial charge is 0.453 e. The van der Waals surface area contributed by atoms with Crippen LogP contribution in [0.3, 0.4) is 0 Å². The van der Waals surface area contributed by atoms with Gasteiger partial charge in [-0.1, -0.05) is 0 Å². The Kier molecular flexibility index (Phi) is 5.21. The van der Waals surface area contributed by atoms with Crippen LogP contribution in [-0.4, -0.2) is 72.8 Å². The van der Waals surface area contributed by atoms with Gasteiger partial charge in [-0.3, -0.25) is 9.67 Å². The molecule has 3 aliphatic rings. The number of hydrogen-bond donors (Lipinski definition) is 0. The summed E-state index contributed by atoms with van der Waals surface area (Å²) in [6.45, 7) is 6.44. The van der Waals surface area contributed by atoms with Crippen LogP contribution in [0.1, 0.15) is 35.8 Å². The Morgan fingerprint density at radius 1 is 1.19 bits per heavy atom. The number of rotatable bonds is 2. The Morgan fingerprint density at radius 2 is 2.00 bits per heavy atom. The second kappa shape index (κ2) is 8.03. The molecule has 0 spiro atoms. The van der Waals surface area contributed by atoms with Gasteiger partial charge in [-0.2, -0.15) is 5.10 Å². The maximum Gasteiger partial charge on any atom is 0.409 e. The van der Waals surface area contributed by atoms with Crippen molar-refractivity contribution < 1.29 is 14.3 Å². The molecule has 3 aliphatic heterocycles. The predicted octanol–water partition coefficient (Wildman–Crippen LogP) is 2.65. The molecule has 0 atom stereocenters. The van der Waals surface area contributed by atoms with Crippen molar-refractivity contribution in [2.24, 2.45) is 0 Å². The van der Waals surface area contributed by atoms with Crippen molar-refractivity contribution in [2.75, 3.05) is 56.8 Å². The summed E-state index contributed by atoms with van der Waals surface area (Å²) >= 11 is 0. The van der Waals surface area contributed by atoms with Gasteiger partial charge in [-0.25, -0.2) is 4.79 Å². The van der Waals surface area contributed by atoms with E-state index in [9.17, 15) is 4.79 Å². The molecule has 5 heterocycles. The lowest BCUT2D eigenvalue weighted by Gasteiger charge is -2.36. The number of methoxy groups -OCH3 is 1. The van der Waals surface area contributed by atoms with Gasteiger partial charge in [0.25, 0.3) is 0 Å². The summed E-state index contributed by atoms with van der Waals surface area (Å²) in [6.07, 6.45) is 4.37. The monoisotopic (exact) mass is 426 g/mol. The van der Waals surface area contributed by atoms with E-state index in [1.807, 2.05) is 13.1 Å². The Hall–Kier alpha value is -2.81. The van der Waals surface area contributed by atoms with E-state index in [4.69, 9.17) is 14.6 Å². The molecule has 2 aromatic heterocycles. The molecule has 1 amide bonds.